The molecule has 0 spiro atoms. The number of carbonyl (C=O) groups excluding carboxylic acids is 1. The van der Waals surface area contributed by atoms with Gasteiger partial charge in [0, 0.05) is 16.8 Å². The van der Waals surface area contributed by atoms with E-state index >= 15 is 0 Å². The Morgan fingerprint density at radius 1 is 1.47 bits per heavy atom. The van der Waals surface area contributed by atoms with Crippen LogP contribution in [-0.4, -0.2) is 11.4 Å². The third-order valence-electron chi connectivity index (χ3n) is 3.02. The van der Waals surface area contributed by atoms with E-state index in [1.165, 1.54) is 6.42 Å². The van der Waals surface area contributed by atoms with E-state index in [0.29, 0.717) is 11.3 Å². The maximum absolute atomic E-state index is 11.8. The van der Waals surface area contributed by atoms with E-state index in [2.05, 4.69) is 12.2 Å². The minimum absolute atomic E-state index is 0.00167. The summed E-state index contributed by atoms with van der Waals surface area (Å²) in [5.74, 6) is -0.0236. The van der Waals surface area contributed by atoms with Crippen LogP contribution in [0.1, 0.15) is 36.5 Å². The summed E-state index contributed by atoms with van der Waals surface area (Å²) in [6, 6.07) is 7.07. The number of rotatable bonds is 2. The summed E-state index contributed by atoms with van der Waals surface area (Å²) in [4.78, 5) is 11.8. The van der Waals surface area contributed by atoms with E-state index in [9.17, 15) is 4.79 Å². The van der Waals surface area contributed by atoms with Gasteiger partial charge in [0.15, 0.2) is 0 Å². The van der Waals surface area contributed by atoms with Gasteiger partial charge >= 0.3 is 0 Å². The molecule has 1 aromatic rings. The Labute approximate surface area is 89.7 Å². The number of nitrogens with one attached hydrogen (secondary N) is 1. The number of hydrogen-bond acceptors (Lipinski definition) is 2. The molecule has 15 heavy (non-hydrogen) atoms. The molecule has 0 atom stereocenters. The fraction of sp³-hybridized carbons (Fsp3) is 0.417. The van der Waals surface area contributed by atoms with E-state index in [1.807, 2.05) is 0 Å². The van der Waals surface area contributed by atoms with E-state index < -0.39 is 0 Å². The molecule has 0 aromatic heterocycles. The van der Waals surface area contributed by atoms with Gasteiger partial charge in [-0.2, -0.15) is 0 Å². The zero-order valence-corrected chi connectivity index (χ0v) is 8.92. The van der Waals surface area contributed by atoms with Gasteiger partial charge < -0.3 is 11.1 Å². The standard InChI is InChI=1S/C12H16N2O/c1-12(6-3-7-12)14-11(15)9-4-2-5-10(13)8-9/h2,4-5,8H,3,6-7,13H2,1H3,(H,14,15). The predicted octanol–water partition coefficient (Wildman–Crippen LogP) is 1.94. The first kappa shape index (κ1) is 10.0. The predicted molar refractivity (Wildman–Crippen MR) is 60.6 cm³/mol. The van der Waals surface area contributed by atoms with Crippen molar-refractivity contribution in [2.75, 3.05) is 5.73 Å². The highest BCUT2D eigenvalue weighted by Crippen LogP contribution is 2.31. The lowest BCUT2D eigenvalue weighted by atomic mass is 9.78. The van der Waals surface area contributed by atoms with Gasteiger partial charge in [0.05, 0.1) is 0 Å². The highest BCUT2D eigenvalue weighted by molar-refractivity contribution is 5.95. The first-order chi connectivity index (χ1) is 7.09. The Morgan fingerprint density at radius 3 is 2.73 bits per heavy atom. The molecule has 0 bridgehead atoms. The van der Waals surface area contributed by atoms with Gasteiger partial charge in [0.1, 0.15) is 0 Å². The van der Waals surface area contributed by atoms with Crippen LogP contribution in [-0.2, 0) is 0 Å². The topological polar surface area (TPSA) is 55.1 Å². The third kappa shape index (κ3) is 2.12. The third-order valence-corrected chi connectivity index (χ3v) is 3.02. The largest absolute Gasteiger partial charge is 0.399 e. The van der Waals surface area contributed by atoms with Crippen LogP contribution < -0.4 is 11.1 Å². The average molecular weight is 204 g/mol. The Morgan fingerprint density at radius 2 is 2.20 bits per heavy atom. The minimum Gasteiger partial charge on any atom is -0.399 e. The van der Waals surface area contributed by atoms with Gasteiger partial charge in [-0.15, -0.1) is 0 Å². The van der Waals surface area contributed by atoms with Crippen molar-refractivity contribution in [1.82, 2.24) is 5.32 Å². The lowest BCUT2D eigenvalue weighted by molar-refractivity contribution is 0.0850. The highest BCUT2D eigenvalue weighted by Gasteiger charge is 2.33. The molecule has 1 aliphatic rings. The molecule has 0 unspecified atom stereocenters. The zero-order valence-electron chi connectivity index (χ0n) is 8.92. The first-order valence-corrected chi connectivity index (χ1v) is 5.27. The van der Waals surface area contributed by atoms with Gasteiger partial charge in [-0.05, 0) is 44.4 Å². The lowest BCUT2D eigenvalue weighted by Crippen LogP contribution is -2.50. The van der Waals surface area contributed by atoms with Crippen LogP contribution in [0.4, 0.5) is 5.69 Å². The van der Waals surface area contributed by atoms with Crippen molar-refractivity contribution in [3.63, 3.8) is 0 Å². The fourth-order valence-corrected chi connectivity index (χ4v) is 1.86. The van der Waals surface area contributed by atoms with Crippen LogP contribution in [0.2, 0.25) is 0 Å². The number of hydrogen-bond donors (Lipinski definition) is 2. The van der Waals surface area contributed by atoms with Crippen LogP contribution in [0.15, 0.2) is 24.3 Å². The summed E-state index contributed by atoms with van der Waals surface area (Å²) in [5.41, 5.74) is 6.90. The minimum atomic E-state index is -0.0236. The monoisotopic (exact) mass is 204 g/mol. The maximum atomic E-state index is 11.8. The second-order valence-electron chi connectivity index (χ2n) is 4.49. The molecule has 0 aliphatic heterocycles. The van der Waals surface area contributed by atoms with Crippen molar-refractivity contribution in [3.8, 4) is 0 Å². The van der Waals surface area contributed by atoms with Crippen molar-refractivity contribution >= 4 is 11.6 Å². The Bertz CT molecular complexity index is 383. The summed E-state index contributed by atoms with van der Waals surface area (Å²) >= 11 is 0. The quantitative estimate of drug-likeness (QED) is 0.723. The number of anilines is 1. The molecule has 3 heteroatoms. The number of nitrogen functional groups attached to an aromatic ring is 1. The molecule has 3 N–H and O–H groups in total. The molecule has 80 valence electrons. The smallest absolute Gasteiger partial charge is 0.251 e. The van der Waals surface area contributed by atoms with Crippen LogP contribution in [0.3, 0.4) is 0 Å². The van der Waals surface area contributed by atoms with Crippen LogP contribution >= 0.6 is 0 Å². The van der Waals surface area contributed by atoms with Crippen molar-refractivity contribution in [1.29, 1.82) is 0 Å². The molecule has 0 radical (unpaired) electrons. The number of carbonyl (C=O) groups is 1. The van der Waals surface area contributed by atoms with E-state index in [4.69, 9.17) is 5.73 Å². The molecular weight excluding hydrogens is 188 g/mol. The average Bonchev–Trinajstić information content (AvgIpc) is 2.15. The molecule has 1 aliphatic carbocycles. The second-order valence-corrected chi connectivity index (χ2v) is 4.49. The molecule has 1 saturated carbocycles. The van der Waals surface area contributed by atoms with Gasteiger partial charge in [-0.3, -0.25) is 4.79 Å². The molecule has 1 aromatic carbocycles. The summed E-state index contributed by atoms with van der Waals surface area (Å²) < 4.78 is 0. The van der Waals surface area contributed by atoms with Gasteiger partial charge in [-0.1, -0.05) is 6.07 Å². The maximum Gasteiger partial charge on any atom is 0.251 e. The zero-order chi connectivity index (χ0) is 10.9. The second kappa shape index (κ2) is 3.57. The van der Waals surface area contributed by atoms with Gasteiger partial charge in [0.25, 0.3) is 5.91 Å². The molecule has 3 nitrogen and oxygen atoms in total. The van der Waals surface area contributed by atoms with Crippen LogP contribution in [0, 0.1) is 0 Å². The van der Waals surface area contributed by atoms with E-state index in [0.717, 1.165) is 12.8 Å². The molecule has 1 fully saturated rings. The molecule has 2 rings (SSSR count). The number of benzene rings is 1. The normalized spacial score (nSPS) is 17.9. The van der Waals surface area contributed by atoms with Gasteiger partial charge in [-0.25, -0.2) is 0 Å². The van der Waals surface area contributed by atoms with Crippen molar-refractivity contribution in [2.45, 2.75) is 31.7 Å². The molecule has 0 heterocycles. The van der Waals surface area contributed by atoms with E-state index in [1.54, 1.807) is 24.3 Å². The molecule has 0 saturated heterocycles. The lowest BCUT2D eigenvalue weighted by Gasteiger charge is -2.39. The number of amides is 1. The summed E-state index contributed by atoms with van der Waals surface area (Å²) in [6.45, 7) is 2.08. The van der Waals surface area contributed by atoms with Gasteiger partial charge in [0.2, 0.25) is 0 Å². The fourth-order valence-electron chi connectivity index (χ4n) is 1.86. The Kier molecular flexibility index (Phi) is 2.39. The highest BCUT2D eigenvalue weighted by atomic mass is 16.1. The van der Waals surface area contributed by atoms with Crippen LogP contribution in [0.25, 0.3) is 0 Å². The molecule has 1 amide bonds. The molecular formula is C12H16N2O. The van der Waals surface area contributed by atoms with Crippen molar-refractivity contribution < 1.29 is 4.79 Å². The summed E-state index contributed by atoms with van der Waals surface area (Å²) in [7, 11) is 0. The van der Waals surface area contributed by atoms with Crippen molar-refractivity contribution in [3.05, 3.63) is 29.8 Å². The van der Waals surface area contributed by atoms with Crippen LogP contribution in [0.5, 0.6) is 0 Å². The Hall–Kier alpha value is -1.51. The summed E-state index contributed by atoms with van der Waals surface area (Å²) in [6.07, 6.45) is 3.34. The summed E-state index contributed by atoms with van der Waals surface area (Å²) in [5, 5.41) is 3.04. The van der Waals surface area contributed by atoms with Crippen molar-refractivity contribution in [2.24, 2.45) is 0 Å². The SMILES string of the molecule is CC1(NC(=O)c2cccc(N)c2)CCC1. The number of nitrogens with two attached hydrogens (primary N) is 1. The Balaban J connectivity index is 2.08. The van der Waals surface area contributed by atoms with E-state index in [-0.39, 0.29) is 11.4 Å². The first-order valence-electron chi connectivity index (χ1n) is 5.27.